The average molecular weight is 320 g/mol. The third kappa shape index (κ3) is 4.28. The largest absolute Gasteiger partial charge is 0.434 e. The van der Waals surface area contributed by atoms with Crippen molar-refractivity contribution in [2.24, 2.45) is 0 Å². The minimum atomic E-state index is -2.80. The van der Waals surface area contributed by atoms with Crippen LogP contribution in [-0.4, -0.2) is 24.8 Å². The van der Waals surface area contributed by atoms with Crippen molar-refractivity contribution >= 4 is 12.4 Å². The standard InChI is InChI=1S/C15H19F2NO2.ClH/c16-15(17)20-14-4-2-1-3-10(14)9-19-13-7-11-5-6-12(8-13)18-11;/h1-4,11-13,15,18H,5-9H2;1H/t11-,12+,13+;. The Morgan fingerprint density at radius 2 is 1.81 bits per heavy atom. The van der Waals surface area contributed by atoms with Gasteiger partial charge >= 0.3 is 6.61 Å². The lowest BCUT2D eigenvalue weighted by atomic mass is 10.0. The van der Waals surface area contributed by atoms with Crippen LogP contribution >= 0.6 is 12.4 Å². The molecule has 6 heteroatoms. The number of alkyl halides is 2. The summed E-state index contributed by atoms with van der Waals surface area (Å²) in [5.41, 5.74) is 0.679. The highest BCUT2D eigenvalue weighted by molar-refractivity contribution is 5.85. The van der Waals surface area contributed by atoms with Gasteiger partial charge in [0.25, 0.3) is 0 Å². The SMILES string of the molecule is Cl.FC(F)Oc1ccccc1CO[C@H]1C[C@H]2CC[C@@H](C1)N2. The van der Waals surface area contributed by atoms with E-state index in [2.05, 4.69) is 10.1 Å². The molecule has 21 heavy (non-hydrogen) atoms. The molecule has 2 saturated heterocycles. The molecule has 1 aromatic rings. The fraction of sp³-hybridized carbons (Fsp3) is 0.600. The Labute approximate surface area is 129 Å². The molecule has 1 N–H and O–H groups in total. The first-order chi connectivity index (χ1) is 9.70. The zero-order valence-corrected chi connectivity index (χ0v) is 12.5. The van der Waals surface area contributed by atoms with Crippen LogP contribution in [0.15, 0.2) is 24.3 Å². The summed E-state index contributed by atoms with van der Waals surface area (Å²) in [6.45, 7) is -2.47. The maximum Gasteiger partial charge on any atom is 0.387 e. The van der Waals surface area contributed by atoms with Gasteiger partial charge in [-0.2, -0.15) is 8.78 Å². The maximum absolute atomic E-state index is 12.3. The van der Waals surface area contributed by atoms with Gasteiger partial charge in [-0.05, 0) is 31.7 Å². The topological polar surface area (TPSA) is 30.5 Å². The zero-order chi connectivity index (χ0) is 13.9. The minimum absolute atomic E-state index is 0. The molecule has 2 fully saturated rings. The monoisotopic (exact) mass is 319 g/mol. The number of rotatable bonds is 5. The van der Waals surface area contributed by atoms with Gasteiger partial charge in [-0.3, -0.25) is 0 Å². The average Bonchev–Trinajstić information content (AvgIpc) is 2.76. The lowest BCUT2D eigenvalue weighted by molar-refractivity contribution is -0.0526. The Morgan fingerprint density at radius 1 is 1.14 bits per heavy atom. The zero-order valence-electron chi connectivity index (χ0n) is 11.6. The van der Waals surface area contributed by atoms with Gasteiger partial charge in [0, 0.05) is 17.6 Å². The van der Waals surface area contributed by atoms with Gasteiger partial charge in [-0.1, -0.05) is 18.2 Å². The van der Waals surface area contributed by atoms with Crippen LogP contribution in [0.4, 0.5) is 8.78 Å². The smallest absolute Gasteiger partial charge is 0.387 e. The summed E-state index contributed by atoms with van der Waals surface area (Å²) in [4.78, 5) is 0. The number of piperidine rings is 1. The van der Waals surface area contributed by atoms with Crippen molar-refractivity contribution in [2.75, 3.05) is 0 Å². The molecule has 2 aliphatic rings. The Balaban J connectivity index is 0.00000161. The molecule has 0 amide bonds. The van der Waals surface area contributed by atoms with Gasteiger partial charge in [-0.25, -0.2) is 0 Å². The summed E-state index contributed by atoms with van der Waals surface area (Å²) in [5.74, 6) is 0.208. The van der Waals surface area contributed by atoms with E-state index < -0.39 is 6.61 Å². The van der Waals surface area contributed by atoms with Crippen molar-refractivity contribution in [1.29, 1.82) is 0 Å². The van der Waals surface area contributed by atoms with Crippen LogP contribution in [0, 0.1) is 0 Å². The molecule has 0 radical (unpaired) electrons. The molecule has 2 heterocycles. The van der Waals surface area contributed by atoms with E-state index in [4.69, 9.17) is 4.74 Å². The fourth-order valence-electron chi connectivity index (χ4n) is 3.18. The lowest BCUT2D eigenvalue weighted by Crippen LogP contribution is -2.41. The van der Waals surface area contributed by atoms with Crippen molar-refractivity contribution < 1.29 is 18.3 Å². The molecular weight excluding hydrogens is 300 g/mol. The number of para-hydroxylation sites is 1. The van der Waals surface area contributed by atoms with E-state index in [9.17, 15) is 8.78 Å². The van der Waals surface area contributed by atoms with Crippen LogP contribution in [0.2, 0.25) is 0 Å². The van der Waals surface area contributed by atoms with Crippen molar-refractivity contribution in [3.8, 4) is 5.75 Å². The summed E-state index contributed by atoms with van der Waals surface area (Å²) < 4.78 is 35.1. The molecule has 2 bridgehead atoms. The number of benzene rings is 1. The van der Waals surface area contributed by atoms with E-state index in [1.807, 2.05) is 6.07 Å². The predicted octanol–water partition coefficient (Wildman–Crippen LogP) is 3.51. The van der Waals surface area contributed by atoms with Gasteiger partial charge in [-0.15, -0.1) is 12.4 Å². The normalized spacial score (nSPS) is 27.5. The van der Waals surface area contributed by atoms with Gasteiger partial charge in [0.1, 0.15) is 5.75 Å². The number of halogens is 3. The number of nitrogens with one attached hydrogen (secondary N) is 1. The number of hydrogen-bond donors (Lipinski definition) is 1. The number of fused-ring (bicyclic) bond motifs is 2. The molecule has 3 nitrogen and oxygen atoms in total. The lowest BCUT2D eigenvalue weighted by Gasteiger charge is -2.29. The van der Waals surface area contributed by atoms with Gasteiger partial charge < -0.3 is 14.8 Å². The quantitative estimate of drug-likeness (QED) is 0.901. The summed E-state index contributed by atoms with van der Waals surface area (Å²) >= 11 is 0. The van der Waals surface area contributed by atoms with Crippen LogP contribution in [0.3, 0.4) is 0 Å². The molecule has 1 aromatic carbocycles. The molecule has 0 spiro atoms. The molecule has 3 rings (SSSR count). The van der Waals surface area contributed by atoms with Gasteiger partial charge in [0.2, 0.25) is 0 Å². The van der Waals surface area contributed by atoms with E-state index in [0.29, 0.717) is 24.3 Å². The van der Waals surface area contributed by atoms with Crippen LogP contribution in [0.1, 0.15) is 31.2 Å². The summed E-state index contributed by atoms with van der Waals surface area (Å²) in [5, 5.41) is 3.55. The van der Waals surface area contributed by atoms with Gasteiger partial charge in [0.05, 0.1) is 12.7 Å². The Hall–Kier alpha value is -0.910. The summed E-state index contributed by atoms with van der Waals surface area (Å²) in [6, 6.07) is 7.94. The molecule has 118 valence electrons. The second kappa shape index (κ2) is 7.38. The molecule has 0 aliphatic carbocycles. The van der Waals surface area contributed by atoms with E-state index in [1.54, 1.807) is 18.2 Å². The third-order valence-corrected chi connectivity index (χ3v) is 4.09. The Bertz CT molecular complexity index is 449. The molecule has 2 aliphatic heterocycles. The molecule has 0 unspecified atom stereocenters. The highest BCUT2D eigenvalue weighted by Gasteiger charge is 2.33. The van der Waals surface area contributed by atoms with Crippen molar-refractivity contribution in [3.05, 3.63) is 29.8 Å². The van der Waals surface area contributed by atoms with Crippen molar-refractivity contribution in [1.82, 2.24) is 5.32 Å². The first-order valence-electron chi connectivity index (χ1n) is 7.11. The van der Waals surface area contributed by atoms with E-state index in [1.165, 1.54) is 12.8 Å². The number of ether oxygens (including phenoxy) is 2. The summed E-state index contributed by atoms with van der Waals surface area (Å²) in [7, 11) is 0. The number of hydrogen-bond acceptors (Lipinski definition) is 3. The first-order valence-corrected chi connectivity index (χ1v) is 7.11. The Kier molecular flexibility index (Phi) is 5.79. The second-order valence-corrected chi connectivity index (χ2v) is 5.53. The van der Waals surface area contributed by atoms with Crippen LogP contribution < -0.4 is 10.1 Å². The third-order valence-electron chi connectivity index (χ3n) is 4.09. The Morgan fingerprint density at radius 3 is 2.48 bits per heavy atom. The molecule has 0 aromatic heterocycles. The minimum Gasteiger partial charge on any atom is -0.434 e. The van der Waals surface area contributed by atoms with Crippen LogP contribution in [-0.2, 0) is 11.3 Å². The highest BCUT2D eigenvalue weighted by atomic mass is 35.5. The second-order valence-electron chi connectivity index (χ2n) is 5.53. The van der Waals surface area contributed by atoms with E-state index in [0.717, 1.165) is 12.8 Å². The first kappa shape index (κ1) is 16.5. The summed E-state index contributed by atoms with van der Waals surface area (Å²) in [6.07, 6.45) is 4.67. The van der Waals surface area contributed by atoms with E-state index >= 15 is 0 Å². The molecule has 3 atom stereocenters. The molecular formula is C15H20ClF2NO2. The van der Waals surface area contributed by atoms with E-state index in [-0.39, 0.29) is 24.3 Å². The van der Waals surface area contributed by atoms with Crippen molar-refractivity contribution in [3.63, 3.8) is 0 Å². The fourth-order valence-corrected chi connectivity index (χ4v) is 3.18. The van der Waals surface area contributed by atoms with Crippen LogP contribution in [0.5, 0.6) is 5.75 Å². The van der Waals surface area contributed by atoms with Crippen LogP contribution in [0.25, 0.3) is 0 Å². The molecule has 0 saturated carbocycles. The van der Waals surface area contributed by atoms with Crippen molar-refractivity contribution in [2.45, 2.75) is 57.1 Å². The maximum atomic E-state index is 12.3. The predicted molar refractivity (Wildman–Crippen MR) is 78.1 cm³/mol. The van der Waals surface area contributed by atoms with Gasteiger partial charge in [0.15, 0.2) is 0 Å². The highest BCUT2D eigenvalue weighted by Crippen LogP contribution is 2.30.